The van der Waals surface area contributed by atoms with Crippen molar-refractivity contribution in [1.82, 2.24) is 9.80 Å². The lowest BCUT2D eigenvalue weighted by Crippen LogP contribution is -2.52. The van der Waals surface area contributed by atoms with Crippen LogP contribution in [0, 0.1) is 0 Å². The maximum atomic E-state index is 13.3. The van der Waals surface area contributed by atoms with E-state index in [1.54, 1.807) is 12.1 Å². The Labute approximate surface area is 208 Å². The molecule has 1 N–H and O–H groups in total. The van der Waals surface area contributed by atoms with Gasteiger partial charge in [0, 0.05) is 36.9 Å². The third-order valence-electron chi connectivity index (χ3n) is 6.78. The first kappa shape index (κ1) is 24.2. The molecule has 1 saturated heterocycles. The van der Waals surface area contributed by atoms with Gasteiger partial charge in [-0.3, -0.25) is 4.90 Å². The van der Waals surface area contributed by atoms with Gasteiger partial charge in [0.15, 0.2) is 6.61 Å². The molecule has 1 unspecified atom stereocenters. The van der Waals surface area contributed by atoms with Crippen LogP contribution in [-0.4, -0.2) is 47.7 Å². The number of fused-ring (bicyclic) bond motifs is 1. The van der Waals surface area contributed by atoms with E-state index in [9.17, 15) is 18.0 Å². The SMILES string of the molecule is O=C1Nc2ccccc2C(c2ccccc2)N1C1CCN(Cc2cccc(OCC(F)(F)F)c2)CC1. The van der Waals surface area contributed by atoms with Crippen molar-refractivity contribution in [2.75, 3.05) is 25.0 Å². The van der Waals surface area contributed by atoms with Crippen molar-refractivity contribution >= 4 is 11.7 Å². The number of nitrogens with zero attached hydrogens (tertiary/aromatic N) is 2. The van der Waals surface area contributed by atoms with Crippen LogP contribution in [0.4, 0.5) is 23.7 Å². The van der Waals surface area contributed by atoms with Crippen molar-refractivity contribution in [3.8, 4) is 5.75 Å². The van der Waals surface area contributed by atoms with Gasteiger partial charge in [0.1, 0.15) is 5.75 Å². The fourth-order valence-electron chi connectivity index (χ4n) is 5.16. The van der Waals surface area contributed by atoms with Crippen LogP contribution in [0.1, 0.15) is 35.6 Å². The summed E-state index contributed by atoms with van der Waals surface area (Å²) in [5, 5.41) is 3.07. The van der Waals surface area contributed by atoms with Gasteiger partial charge in [-0.15, -0.1) is 0 Å². The second-order valence-electron chi connectivity index (χ2n) is 9.30. The fourth-order valence-corrected chi connectivity index (χ4v) is 5.16. The summed E-state index contributed by atoms with van der Waals surface area (Å²) in [6.45, 7) is 0.884. The molecule has 0 spiro atoms. The molecule has 0 saturated carbocycles. The highest BCUT2D eigenvalue weighted by molar-refractivity contribution is 5.93. The first-order chi connectivity index (χ1) is 17.4. The molecule has 3 aromatic carbocycles. The molecule has 1 fully saturated rings. The zero-order chi connectivity index (χ0) is 25.1. The predicted octanol–water partition coefficient (Wildman–Crippen LogP) is 6.23. The van der Waals surface area contributed by atoms with Gasteiger partial charge in [0.2, 0.25) is 0 Å². The zero-order valence-electron chi connectivity index (χ0n) is 19.7. The third-order valence-corrected chi connectivity index (χ3v) is 6.78. The van der Waals surface area contributed by atoms with Gasteiger partial charge in [0.05, 0.1) is 6.04 Å². The minimum atomic E-state index is -4.36. The molecular weight excluding hydrogens is 467 g/mol. The molecule has 5 nitrogen and oxygen atoms in total. The molecule has 8 heteroatoms. The summed E-state index contributed by atoms with van der Waals surface area (Å²) < 4.78 is 42.4. The highest BCUT2D eigenvalue weighted by Crippen LogP contribution is 2.40. The maximum Gasteiger partial charge on any atom is 0.422 e. The number of carbonyl (C=O) groups is 1. The van der Waals surface area contributed by atoms with E-state index < -0.39 is 12.8 Å². The van der Waals surface area contributed by atoms with Crippen LogP contribution >= 0.6 is 0 Å². The number of nitrogens with one attached hydrogen (secondary N) is 1. The van der Waals surface area contributed by atoms with Gasteiger partial charge < -0.3 is 15.0 Å². The topological polar surface area (TPSA) is 44.8 Å². The number of anilines is 1. The quantitative estimate of drug-likeness (QED) is 0.441. The number of hydrogen-bond acceptors (Lipinski definition) is 3. The number of para-hydroxylation sites is 1. The average molecular weight is 496 g/mol. The number of likely N-dealkylation sites (tertiary alicyclic amines) is 1. The zero-order valence-corrected chi connectivity index (χ0v) is 19.7. The van der Waals surface area contributed by atoms with E-state index in [1.165, 1.54) is 6.07 Å². The van der Waals surface area contributed by atoms with E-state index in [-0.39, 0.29) is 23.9 Å². The van der Waals surface area contributed by atoms with Crippen molar-refractivity contribution in [1.29, 1.82) is 0 Å². The van der Waals surface area contributed by atoms with Gasteiger partial charge in [0.25, 0.3) is 0 Å². The predicted molar refractivity (Wildman–Crippen MR) is 132 cm³/mol. The monoisotopic (exact) mass is 495 g/mol. The summed E-state index contributed by atoms with van der Waals surface area (Å²) in [5.41, 5.74) is 3.91. The standard InChI is InChI=1S/C28H28F3N3O2/c29-28(30,31)19-36-23-10-6-7-20(17-23)18-33-15-13-22(14-16-33)34-26(21-8-2-1-3-9-21)24-11-4-5-12-25(24)32-27(34)35/h1-12,17,22,26H,13-16,18-19H2,(H,32,35). The largest absolute Gasteiger partial charge is 0.484 e. The summed E-state index contributed by atoms with van der Waals surface area (Å²) >= 11 is 0. The highest BCUT2D eigenvalue weighted by Gasteiger charge is 2.39. The summed E-state index contributed by atoms with van der Waals surface area (Å²) in [7, 11) is 0. The summed E-state index contributed by atoms with van der Waals surface area (Å²) in [6, 6.07) is 24.7. The molecule has 2 aliphatic heterocycles. The first-order valence-corrected chi connectivity index (χ1v) is 12.1. The number of piperidine rings is 1. The number of alkyl halides is 3. The Morgan fingerprint density at radius 3 is 2.39 bits per heavy atom. The van der Waals surface area contributed by atoms with Crippen molar-refractivity contribution in [3.05, 3.63) is 95.6 Å². The van der Waals surface area contributed by atoms with Gasteiger partial charge in [-0.25, -0.2) is 4.79 Å². The number of ether oxygens (including phenoxy) is 1. The number of benzene rings is 3. The molecule has 0 aliphatic carbocycles. The highest BCUT2D eigenvalue weighted by atomic mass is 19.4. The van der Waals surface area contributed by atoms with Crippen LogP contribution in [0.15, 0.2) is 78.9 Å². The van der Waals surface area contributed by atoms with Crippen LogP contribution in [-0.2, 0) is 6.54 Å². The summed E-state index contributed by atoms with van der Waals surface area (Å²) in [6.07, 6.45) is -2.75. The van der Waals surface area contributed by atoms with E-state index in [0.717, 1.165) is 48.3 Å². The minimum Gasteiger partial charge on any atom is -0.484 e. The Balaban J connectivity index is 1.27. The Hall–Kier alpha value is -3.52. The number of hydrogen-bond donors (Lipinski definition) is 1. The van der Waals surface area contributed by atoms with Crippen molar-refractivity contribution in [3.63, 3.8) is 0 Å². The number of halogens is 3. The molecule has 1 atom stereocenters. The van der Waals surface area contributed by atoms with E-state index >= 15 is 0 Å². The number of rotatable bonds is 6. The Morgan fingerprint density at radius 1 is 0.917 bits per heavy atom. The van der Waals surface area contributed by atoms with E-state index in [2.05, 4.69) is 28.4 Å². The molecule has 0 aromatic heterocycles. The number of amides is 2. The van der Waals surface area contributed by atoms with Crippen LogP contribution in [0.5, 0.6) is 5.75 Å². The molecule has 2 heterocycles. The van der Waals surface area contributed by atoms with Gasteiger partial charge in [-0.1, -0.05) is 60.7 Å². The summed E-state index contributed by atoms with van der Waals surface area (Å²) in [5.74, 6) is 0.217. The molecule has 36 heavy (non-hydrogen) atoms. The van der Waals surface area contributed by atoms with E-state index in [4.69, 9.17) is 4.74 Å². The van der Waals surface area contributed by atoms with Gasteiger partial charge in [-0.2, -0.15) is 13.2 Å². The molecule has 0 radical (unpaired) electrons. The lowest BCUT2D eigenvalue weighted by atomic mass is 9.90. The Bertz CT molecular complexity index is 1190. The minimum absolute atomic E-state index is 0.0706. The van der Waals surface area contributed by atoms with Gasteiger partial charge >= 0.3 is 12.2 Å². The lowest BCUT2D eigenvalue weighted by molar-refractivity contribution is -0.153. The Kier molecular flexibility index (Phi) is 6.87. The number of carbonyl (C=O) groups excluding carboxylic acids is 1. The second-order valence-corrected chi connectivity index (χ2v) is 9.30. The molecule has 2 amide bonds. The maximum absolute atomic E-state index is 13.3. The van der Waals surface area contributed by atoms with Crippen molar-refractivity contribution in [2.24, 2.45) is 0 Å². The number of urea groups is 1. The van der Waals surface area contributed by atoms with Crippen LogP contribution < -0.4 is 10.1 Å². The molecule has 3 aromatic rings. The van der Waals surface area contributed by atoms with E-state index in [1.807, 2.05) is 47.4 Å². The lowest BCUT2D eigenvalue weighted by Gasteiger charge is -2.45. The van der Waals surface area contributed by atoms with Crippen LogP contribution in [0.25, 0.3) is 0 Å². The molecule has 5 rings (SSSR count). The first-order valence-electron chi connectivity index (χ1n) is 12.1. The average Bonchev–Trinajstić information content (AvgIpc) is 2.88. The van der Waals surface area contributed by atoms with Crippen molar-refractivity contribution in [2.45, 2.75) is 37.6 Å². The second kappa shape index (κ2) is 10.2. The normalized spacial score (nSPS) is 19.0. The molecule has 188 valence electrons. The summed E-state index contributed by atoms with van der Waals surface area (Å²) in [4.78, 5) is 17.5. The fraction of sp³-hybridized carbons (Fsp3) is 0.321. The van der Waals surface area contributed by atoms with Crippen molar-refractivity contribution < 1.29 is 22.7 Å². The molecule has 0 bridgehead atoms. The molecule has 2 aliphatic rings. The van der Waals surface area contributed by atoms with E-state index in [0.29, 0.717) is 6.54 Å². The van der Waals surface area contributed by atoms with Gasteiger partial charge in [-0.05, 0) is 42.2 Å². The van der Waals surface area contributed by atoms with Crippen LogP contribution in [0.2, 0.25) is 0 Å². The Morgan fingerprint density at radius 2 is 1.64 bits per heavy atom. The molecular formula is C28H28F3N3O2. The van der Waals surface area contributed by atoms with Crippen LogP contribution in [0.3, 0.4) is 0 Å². The smallest absolute Gasteiger partial charge is 0.422 e. The third kappa shape index (κ3) is 5.49.